The van der Waals surface area contributed by atoms with Gasteiger partial charge in [-0.05, 0) is 37.0 Å². The molecule has 0 unspecified atom stereocenters. The number of hydrogen-bond acceptors (Lipinski definition) is 3. The van der Waals surface area contributed by atoms with E-state index in [4.69, 9.17) is 16.3 Å². The molecule has 0 spiro atoms. The molecule has 3 aromatic rings. The minimum Gasteiger partial charge on any atom is -0.507 e. The molecule has 1 saturated carbocycles. The quantitative estimate of drug-likeness (QED) is 0.644. The molecule has 0 aliphatic heterocycles. The number of nitrogens with one attached hydrogen (secondary N) is 1. The first-order valence-corrected chi connectivity index (χ1v) is 9.17. The lowest BCUT2D eigenvalue weighted by Crippen LogP contribution is -2.15. The zero-order valence-corrected chi connectivity index (χ0v) is 14.7. The number of fused-ring (bicyclic) bond motifs is 1. The Morgan fingerprint density at radius 1 is 1.20 bits per heavy atom. The molecule has 1 aromatic carbocycles. The highest BCUT2D eigenvalue weighted by Gasteiger charge is 2.16. The molecule has 4 nitrogen and oxygen atoms in total. The van der Waals surface area contributed by atoms with E-state index >= 15 is 0 Å². The van der Waals surface area contributed by atoms with Crippen LogP contribution < -0.4 is 4.74 Å². The fourth-order valence-electron chi connectivity index (χ4n) is 3.64. The van der Waals surface area contributed by atoms with E-state index in [9.17, 15) is 5.11 Å². The molecule has 1 aliphatic rings. The van der Waals surface area contributed by atoms with Gasteiger partial charge in [0.1, 0.15) is 11.5 Å². The van der Waals surface area contributed by atoms with Crippen LogP contribution in [0.15, 0.2) is 36.8 Å². The first-order valence-electron chi connectivity index (χ1n) is 8.79. The average molecular weight is 357 g/mol. The summed E-state index contributed by atoms with van der Waals surface area (Å²) >= 11 is 6.21. The van der Waals surface area contributed by atoms with Crippen molar-refractivity contribution in [3.8, 4) is 22.6 Å². The van der Waals surface area contributed by atoms with Gasteiger partial charge in [0.05, 0.1) is 28.7 Å². The average Bonchev–Trinajstić information content (AvgIpc) is 3.11. The van der Waals surface area contributed by atoms with Crippen LogP contribution >= 0.6 is 11.6 Å². The van der Waals surface area contributed by atoms with Gasteiger partial charge in [-0.25, -0.2) is 0 Å². The van der Waals surface area contributed by atoms with Gasteiger partial charge < -0.3 is 14.8 Å². The molecule has 2 N–H and O–H groups in total. The van der Waals surface area contributed by atoms with Gasteiger partial charge in [-0.3, -0.25) is 4.98 Å². The van der Waals surface area contributed by atoms with E-state index in [1.807, 2.05) is 12.3 Å². The summed E-state index contributed by atoms with van der Waals surface area (Å²) in [5, 5.41) is 11.5. The summed E-state index contributed by atoms with van der Waals surface area (Å²) < 4.78 is 5.99. The number of phenolic OH excluding ortho intramolecular Hbond substituents is 1. The molecule has 0 bridgehead atoms. The van der Waals surface area contributed by atoms with E-state index in [1.165, 1.54) is 32.1 Å². The van der Waals surface area contributed by atoms with E-state index < -0.39 is 0 Å². The summed E-state index contributed by atoms with van der Waals surface area (Å²) in [5.74, 6) is 1.61. The number of aromatic hydroxyl groups is 1. The van der Waals surface area contributed by atoms with Crippen molar-refractivity contribution >= 4 is 22.5 Å². The van der Waals surface area contributed by atoms with Crippen LogP contribution in [0.2, 0.25) is 5.02 Å². The molecule has 25 heavy (non-hydrogen) atoms. The fourth-order valence-corrected chi connectivity index (χ4v) is 3.85. The van der Waals surface area contributed by atoms with Gasteiger partial charge in [-0.1, -0.05) is 30.9 Å². The smallest absolute Gasteiger partial charge is 0.138 e. The first-order chi connectivity index (χ1) is 12.2. The molecule has 0 amide bonds. The van der Waals surface area contributed by atoms with Crippen molar-refractivity contribution in [2.45, 2.75) is 32.1 Å². The monoisotopic (exact) mass is 356 g/mol. The topological polar surface area (TPSA) is 58.1 Å². The molecule has 0 atom stereocenters. The van der Waals surface area contributed by atoms with Crippen LogP contribution in [0.5, 0.6) is 11.5 Å². The molecule has 130 valence electrons. The van der Waals surface area contributed by atoms with Crippen LogP contribution in [-0.4, -0.2) is 21.7 Å². The molecular formula is C20H21ClN2O2. The van der Waals surface area contributed by atoms with Crippen molar-refractivity contribution in [3.63, 3.8) is 0 Å². The van der Waals surface area contributed by atoms with Gasteiger partial charge in [0.2, 0.25) is 0 Å². The van der Waals surface area contributed by atoms with Crippen LogP contribution in [0.4, 0.5) is 0 Å². The standard InChI is InChI=1S/C20H21ClN2O2/c21-17-6-7-18(24)19-16(11-23-20(17)19)14-8-15(10-22-9-14)25-12-13-4-2-1-3-5-13/h6-11,13,23-24H,1-5,12H2. The number of pyridine rings is 1. The van der Waals surface area contributed by atoms with Gasteiger partial charge in [-0.2, -0.15) is 0 Å². The lowest BCUT2D eigenvalue weighted by atomic mass is 9.90. The maximum absolute atomic E-state index is 10.2. The number of hydrogen-bond donors (Lipinski definition) is 2. The number of ether oxygens (including phenoxy) is 1. The van der Waals surface area contributed by atoms with Crippen LogP contribution in [0.25, 0.3) is 22.0 Å². The number of halogens is 1. The number of phenols is 1. The largest absolute Gasteiger partial charge is 0.507 e. The van der Waals surface area contributed by atoms with Crippen LogP contribution in [0.3, 0.4) is 0 Å². The number of H-pyrrole nitrogens is 1. The van der Waals surface area contributed by atoms with Crippen LogP contribution in [-0.2, 0) is 0 Å². The number of aromatic amines is 1. The van der Waals surface area contributed by atoms with Crippen molar-refractivity contribution in [2.75, 3.05) is 6.61 Å². The summed E-state index contributed by atoms with van der Waals surface area (Å²) in [7, 11) is 0. The molecule has 2 aromatic heterocycles. The fraction of sp³-hybridized carbons (Fsp3) is 0.350. The number of rotatable bonds is 4. The van der Waals surface area contributed by atoms with E-state index in [-0.39, 0.29) is 5.75 Å². The second-order valence-electron chi connectivity index (χ2n) is 6.74. The zero-order chi connectivity index (χ0) is 17.2. The van der Waals surface area contributed by atoms with Gasteiger partial charge >= 0.3 is 0 Å². The van der Waals surface area contributed by atoms with Crippen molar-refractivity contribution in [3.05, 3.63) is 41.8 Å². The lowest BCUT2D eigenvalue weighted by Gasteiger charge is -2.21. The normalized spacial score (nSPS) is 15.6. The van der Waals surface area contributed by atoms with Gasteiger partial charge in [0.25, 0.3) is 0 Å². The maximum Gasteiger partial charge on any atom is 0.138 e. The second kappa shape index (κ2) is 6.96. The zero-order valence-electron chi connectivity index (χ0n) is 14.0. The summed E-state index contributed by atoms with van der Waals surface area (Å²) in [6.07, 6.45) is 11.8. The molecule has 5 heteroatoms. The Hall–Kier alpha value is -2.20. The molecular weight excluding hydrogens is 336 g/mol. The maximum atomic E-state index is 10.2. The Labute approximate surface area is 151 Å². The minimum atomic E-state index is 0.198. The molecule has 0 saturated heterocycles. The summed E-state index contributed by atoms with van der Waals surface area (Å²) in [6.45, 7) is 0.746. The Kier molecular flexibility index (Phi) is 4.53. The molecule has 1 aliphatic carbocycles. The molecule has 0 radical (unpaired) electrons. The number of benzene rings is 1. The molecule has 1 fully saturated rings. The lowest BCUT2D eigenvalue weighted by molar-refractivity contribution is 0.208. The predicted octanol–water partition coefficient (Wildman–Crippen LogP) is 5.55. The van der Waals surface area contributed by atoms with E-state index in [0.29, 0.717) is 16.3 Å². The summed E-state index contributed by atoms with van der Waals surface area (Å²) in [4.78, 5) is 7.45. The Morgan fingerprint density at radius 3 is 2.88 bits per heavy atom. The molecule has 2 heterocycles. The summed E-state index contributed by atoms with van der Waals surface area (Å²) in [6, 6.07) is 5.26. The Morgan fingerprint density at radius 2 is 2.04 bits per heavy atom. The van der Waals surface area contributed by atoms with Gasteiger partial charge in [-0.15, -0.1) is 0 Å². The third-order valence-electron chi connectivity index (χ3n) is 5.00. The highest BCUT2D eigenvalue weighted by molar-refractivity contribution is 6.35. The Bertz CT molecular complexity index is 885. The van der Waals surface area contributed by atoms with E-state index in [1.54, 1.807) is 24.5 Å². The van der Waals surface area contributed by atoms with Crippen molar-refractivity contribution in [2.24, 2.45) is 5.92 Å². The van der Waals surface area contributed by atoms with Gasteiger partial charge in [0.15, 0.2) is 0 Å². The highest BCUT2D eigenvalue weighted by atomic mass is 35.5. The minimum absolute atomic E-state index is 0.198. The van der Waals surface area contributed by atoms with E-state index in [2.05, 4.69) is 9.97 Å². The van der Waals surface area contributed by atoms with Crippen molar-refractivity contribution in [1.29, 1.82) is 0 Å². The second-order valence-corrected chi connectivity index (χ2v) is 7.15. The Balaban J connectivity index is 1.60. The summed E-state index contributed by atoms with van der Waals surface area (Å²) in [5.41, 5.74) is 2.49. The number of nitrogens with zero attached hydrogens (tertiary/aromatic N) is 1. The van der Waals surface area contributed by atoms with Gasteiger partial charge in [0, 0.05) is 23.5 Å². The number of aromatic nitrogens is 2. The van der Waals surface area contributed by atoms with Crippen LogP contribution in [0.1, 0.15) is 32.1 Å². The third kappa shape index (κ3) is 3.31. The van der Waals surface area contributed by atoms with E-state index in [0.717, 1.165) is 29.0 Å². The highest BCUT2D eigenvalue weighted by Crippen LogP contribution is 2.38. The SMILES string of the molecule is Oc1ccc(Cl)c2[nH]cc(-c3cncc(OCC4CCCCC4)c3)c12. The molecule has 4 rings (SSSR count). The van der Waals surface area contributed by atoms with Crippen molar-refractivity contribution < 1.29 is 9.84 Å². The third-order valence-corrected chi connectivity index (χ3v) is 5.31. The van der Waals surface area contributed by atoms with Crippen molar-refractivity contribution in [1.82, 2.24) is 9.97 Å². The first kappa shape index (κ1) is 16.3. The predicted molar refractivity (Wildman–Crippen MR) is 100 cm³/mol. The van der Waals surface area contributed by atoms with Crippen LogP contribution in [0, 0.1) is 5.92 Å².